The van der Waals surface area contributed by atoms with Crippen LogP contribution in [0.1, 0.15) is 31.2 Å². The molecule has 16 heavy (non-hydrogen) atoms. The van der Waals surface area contributed by atoms with E-state index in [2.05, 4.69) is 17.2 Å². The summed E-state index contributed by atoms with van der Waals surface area (Å²) in [6, 6.07) is 0. The Balaban J connectivity index is 2.77. The average molecular weight is 229 g/mol. The van der Waals surface area contributed by atoms with E-state index in [0.29, 0.717) is 5.69 Å². The molecular weight excluding hydrogens is 210 g/mol. The summed E-state index contributed by atoms with van der Waals surface area (Å²) in [5, 5.41) is 34.9. The van der Waals surface area contributed by atoms with Crippen molar-refractivity contribution in [2.45, 2.75) is 45.4 Å². The largest absolute Gasteiger partial charge is 0.394 e. The molecule has 0 saturated carbocycles. The van der Waals surface area contributed by atoms with Crippen LogP contribution in [0, 0.1) is 0 Å². The van der Waals surface area contributed by atoms with Crippen molar-refractivity contribution in [1.29, 1.82) is 0 Å². The van der Waals surface area contributed by atoms with E-state index in [-0.39, 0.29) is 19.8 Å². The first-order chi connectivity index (χ1) is 7.72. The highest BCUT2D eigenvalue weighted by molar-refractivity contribution is 5.09. The summed E-state index contributed by atoms with van der Waals surface area (Å²) >= 11 is 0. The molecule has 0 amide bonds. The quantitative estimate of drug-likeness (QED) is 0.584. The molecule has 1 heterocycles. The molecule has 0 radical (unpaired) electrons. The minimum Gasteiger partial charge on any atom is -0.394 e. The standard InChI is InChI=1S/C10H19N3O3/c1-2-3-4-10-9(7-15)11-12-13(10)5-8(16)6-14/h8,14-16H,2-7H2,1H3. The molecule has 1 atom stereocenters. The van der Waals surface area contributed by atoms with E-state index >= 15 is 0 Å². The number of hydrogen-bond acceptors (Lipinski definition) is 5. The molecule has 1 aromatic heterocycles. The zero-order valence-electron chi connectivity index (χ0n) is 9.50. The van der Waals surface area contributed by atoms with Gasteiger partial charge in [0.1, 0.15) is 5.69 Å². The summed E-state index contributed by atoms with van der Waals surface area (Å²) in [6.07, 6.45) is 1.96. The minimum atomic E-state index is -0.839. The molecule has 0 aliphatic carbocycles. The molecule has 3 N–H and O–H groups in total. The molecule has 0 aromatic carbocycles. The molecule has 0 aliphatic heterocycles. The Morgan fingerprint density at radius 1 is 1.38 bits per heavy atom. The lowest BCUT2D eigenvalue weighted by molar-refractivity contribution is 0.0770. The van der Waals surface area contributed by atoms with Crippen LogP contribution in [0.5, 0.6) is 0 Å². The van der Waals surface area contributed by atoms with Gasteiger partial charge in [-0.1, -0.05) is 18.6 Å². The Hall–Kier alpha value is -0.980. The van der Waals surface area contributed by atoms with Crippen molar-refractivity contribution < 1.29 is 15.3 Å². The fraction of sp³-hybridized carbons (Fsp3) is 0.800. The fourth-order valence-corrected chi connectivity index (χ4v) is 1.51. The van der Waals surface area contributed by atoms with Gasteiger partial charge in [-0.05, 0) is 12.8 Å². The first-order valence-corrected chi connectivity index (χ1v) is 5.53. The lowest BCUT2D eigenvalue weighted by atomic mass is 10.1. The molecule has 6 heteroatoms. The normalized spacial score (nSPS) is 13.0. The van der Waals surface area contributed by atoms with Gasteiger partial charge in [0, 0.05) is 0 Å². The van der Waals surface area contributed by atoms with Crippen LogP contribution in [0.25, 0.3) is 0 Å². The molecule has 1 rings (SSSR count). The van der Waals surface area contributed by atoms with Crippen LogP contribution in [-0.2, 0) is 19.6 Å². The van der Waals surface area contributed by atoms with Gasteiger partial charge in [0.05, 0.1) is 31.6 Å². The van der Waals surface area contributed by atoms with E-state index < -0.39 is 6.10 Å². The summed E-state index contributed by atoms with van der Waals surface area (Å²) in [6.45, 7) is 1.84. The lowest BCUT2D eigenvalue weighted by Crippen LogP contribution is -2.22. The van der Waals surface area contributed by atoms with Crippen LogP contribution < -0.4 is 0 Å². The van der Waals surface area contributed by atoms with Crippen LogP contribution in [-0.4, -0.2) is 43.0 Å². The van der Waals surface area contributed by atoms with E-state index in [0.717, 1.165) is 25.0 Å². The topological polar surface area (TPSA) is 91.4 Å². The van der Waals surface area contributed by atoms with Gasteiger partial charge in [-0.25, -0.2) is 4.68 Å². The van der Waals surface area contributed by atoms with Gasteiger partial charge in [-0.2, -0.15) is 0 Å². The molecule has 6 nitrogen and oxygen atoms in total. The summed E-state index contributed by atoms with van der Waals surface area (Å²) in [5.74, 6) is 0. The van der Waals surface area contributed by atoms with Crippen molar-refractivity contribution in [3.63, 3.8) is 0 Å². The van der Waals surface area contributed by atoms with Gasteiger partial charge in [0.2, 0.25) is 0 Å². The molecule has 0 spiro atoms. The number of hydrogen-bond donors (Lipinski definition) is 3. The number of unbranched alkanes of at least 4 members (excludes halogenated alkanes) is 1. The first-order valence-electron chi connectivity index (χ1n) is 5.53. The zero-order chi connectivity index (χ0) is 12.0. The van der Waals surface area contributed by atoms with E-state index in [4.69, 9.17) is 10.2 Å². The predicted molar refractivity (Wildman–Crippen MR) is 57.6 cm³/mol. The van der Waals surface area contributed by atoms with Gasteiger partial charge in [-0.15, -0.1) is 5.10 Å². The maximum Gasteiger partial charge on any atom is 0.111 e. The molecule has 92 valence electrons. The van der Waals surface area contributed by atoms with Crippen LogP contribution in [0.3, 0.4) is 0 Å². The Bertz CT molecular complexity index is 314. The Morgan fingerprint density at radius 3 is 2.69 bits per heavy atom. The SMILES string of the molecule is CCCCc1c(CO)nnn1CC(O)CO. The molecule has 0 saturated heterocycles. The number of aliphatic hydroxyl groups is 3. The number of nitrogens with zero attached hydrogens (tertiary/aromatic N) is 3. The monoisotopic (exact) mass is 229 g/mol. The third kappa shape index (κ3) is 3.26. The van der Waals surface area contributed by atoms with Crippen LogP contribution in [0.15, 0.2) is 0 Å². The highest BCUT2D eigenvalue weighted by atomic mass is 16.3. The second-order valence-corrected chi connectivity index (χ2v) is 3.76. The smallest absolute Gasteiger partial charge is 0.111 e. The van der Waals surface area contributed by atoms with Crippen molar-refractivity contribution in [1.82, 2.24) is 15.0 Å². The van der Waals surface area contributed by atoms with E-state index in [1.807, 2.05) is 0 Å². The van der Waals surface area contributed by atoms with Gasteiger partial charge in [0.25, 0.3) is 0 Å². The first kappa shape index (κ1) is 13.1. The molecule has 0 fully saturated rings. The van der Waals surface area contributed by atoms with Crippen molar-refractivity contribution in [2.24, 2.45) is 0 Å². The van der Waals surface area contributed by atoms with Gasteiger partial charge < -0.3 is 15.3 Å². The summed E-state index contributed by atoms with van der Waals surface area (Å²) in [4.78, 5) is 0. The van der Waals surface area contributed by atoms with Crippen molar-refractivity contribution in [2.75, 3.05) is 6.61 Å². The fourth-order valence-electron chi connectivity index (χ4n) is 1.51. The molecule has 1 aromatic rings. The third-order valence-electron chi connectivity index (χ3n) is 2.43. The number of aromatic nitrogens is 3. The highest BCUT2D eigenvalue weighted by Crippen LogP contribution is 2.10. The molecule has 1 unspecified atom stereocenters. The summed E-state index contributed by atoms with van der Waals surface area (Å²) in [7, 11) is 0. The Labute approximate surface area is 94.5 Å². The highest BCUT2D eigenvalue weighted by Gasteiger charge is 2.14. The minimum absolute atomic E-state index is 0.145. The molecular formula is C10H19N3O3. The van der Waals surface area contributed by atoms with E-state index in [9.17, 15) is 5.11 Å². The Morgan fingerprint density at radius 2 is 2.12 bits per heavy atom. The molecule has 0 aliphatic rings. The van der Waals surface area contributed by atoms with E-state index in [1.165, 1.54) is 0 Å². The maximum atomic E-state index is 9.34. The van der Waals surface area contributed by atoms with Gasteiger partial charge in [0.15, 0.2) is 0 Å². The number of rotatable bonds is 7. The second kappa shape index (κ2) is 6.57. The average Bonchev–Trinajstić information content (AvgIpc) is 2.68. The van der Waals surface area contributed by atoms with Crippen LogP contribution in [0.4, 0.5) is 0 Å². The number of aliphatic hydroxyl groups excluding tert-OH is 3. The van der Waals surface area contributed by atoms with Crippen molar-refractivity contribution >= 4 is 0 Å². The zero-order valence-corrected chi connectivity index (χ0v) is 9.50. The summed E-state index contributed by atoms with van der Waals surface area (Å²) in [5.41, 5.74) is 1.40. The lowest BCUT2D eigenvalue weighted by Gasteiger charge is -2.10. The van der Waals surface area contributed by atoms with Crippen molar-refractivity contribution in [3.8, 4) is 0 Å². The summed E-state index contributed by atoms with van der Waals surface area (Å²) < 4.78 is 1.56. The second-order valence-electron chi connectivity index (χ2n) is 3.76. The van der Waals surface area contributed by atoms with Gasteiger partial charge >= 0.3 is 0 Å². The van der Waals surface area contributed by atoms with Crippen molar-refractivity contribution in [3.05, 3.63) is 11.4 Å². The van der Waals surface area contributed by atoms with Gasteiger partial charge in [-0.3, -0.25) is 0 Å². The van der Waals surface area contributed by atoms with Crippen LogP contribution >= 0.6 is 0 Å². The van der Waals surface area contributed by atoms with E-state index in [1.54, 1.807) is 4.68 Å². The third-order valence-corrected chi connectivity index (χ3v) is 2.43. The Kier molecular flexibility index (Phi) is 5.37. The van der Waals surface area contributed by atoms with Crippen LogP contribution in [0.2, 0.25) is 0 Å². The predicted octanol–water partition coefficient (Wildman–Crippen LogP) is -0.534. The molecule has 0 bridgehead atoms. The maximum absolute atomic E-state index is 9.34.